The lowest BCUT2D eigenvalue weighted by Gasteiger charge is -2.15. The summed E-state index contributed by atoms with van der Waals surface area (Å²) in [6.07, 6.45) is 0.690. The van der Waals surface area contributed by atoms with Gasteiger partial charge in [0.2, 0.25) is 0 Å². The number of guanidine groups is 1. The summed E-state index contributed by atoms with van der Waals surface area (Å²) < 4.78 is 29.8. The van der Waals surface area contributed by atoms with E-state index >= 15 is 0 Å². The number of carbonyl (C=O) groups is 1. The summed E-state index contributed by atoms with van der Waals surface area (Å²) in [4.78, 5) is 15.9. The van der Waals surface area contributed by atoms with Crippen molar-refractivity contribution >= 4 is 35.8 Å². The molecule has 0 fully saturated rings. The van der Waals surface area contributed by atoms with Crippen molar-refractivity contribution in [1.82, 2.24) is 16.0 Å². The fraction of sp³-hybridized carbons (Fsp3) is 0.333. The van der Waals surface area contributed by atoms with Crippen LogP contribution in [0, 0.1) is 6.92 Å². The predicted molar refractivity (Wildman–Crippen MR) is 125 cm³/mol. The molecular formula is C21H27F2IN4O2. The Balaban J connectivity index is 0.00000450. The van der Waals surface area contributed by atoms with Crippen molar-refractivity contribution in [2.24, 2.45) is 4.99 Å². The SMILES string of the molecule is CN=C(NCCc1cccc(C(=O)NC)c1)NCc1cc(C)ccc1OC(F)F.I. The van der Waals surface area contributed by atoms with Crippen LogP contribution in [0.5, 0.6) is 5.75 Å². The summed E-state index contributed by atoms with van der Waals surface area (Å²) >= 11 is 0. The molecular weight excluding hydrogens is 505 g/mol. The molecule has 2 aromatic rings. The van der Waals surface area contributed by atoms with Crippen molar-refractivity contribution in [1.29, 1.82) is 0 Å². The highest BCUT2D eigenvalue weighted by Gasteiger charge is 2.10. The average molecular weight is 532 g/mol. The van der Waals surface area contributed by atoms with E-state index in [9.17, 15) is 13.6 Å². The van der Waals surface area contributed by atoms with Gasteiger partial charge in [-0.1, -0.05) is 29.8 Å². The number of halogens is 3. The number of aliphatic imine (C=N–C) groups is 1. The third kappa shape index (κ3) is 8.13. The summed E-state index contributed by atoms with van der Waals surface area (Å²) in [5, 5.41) is 8.88. The van der Waals surface area contributed by atoms with Crippen LogP contribution in [0.25, 0.3) is 0 Å². The van der Waals surface area contributed by atoms with Gasteiger partial charge in [0.25, 0.3) is 5.91 Å². The van der Waals surface area contributed by atoms with Gasteiger partial charge in [0.1, 0.15) is 5.75 Å². The molecule has 0 saturated carbocycles. The molecule has 0 radical (unpaired) electrons. The Hall–Kier alpha value is -2.43. The minimum Gasteiger partial charge on any atom is -0.434 e. The molecule has 9 heteroatoms. The van der Waals surface area contributed by atoms with E-state index < -0.39 is 6.61 Å². The maximum Gasteiger partial charge on any atom is 0.387 e. The molecule has 30 heavy (non-hydrogen) atoms. The molecule has 2 aromatic carbocycles. The van der Waals surface area contributed by atoms with Gasteiger partial charge in [0, 0.05) is 38.3 Å². The molecule has 0 heterocycles. The minimum atomic E-state index is -2.88. The van der Waals surface area contributed by atoms with E-state index in [0.29, 0.717) is 30.1 Å². The second-order valence-corrected chi connectivity index (χ2v) is 6.37. The van der Waals surface area contributed by atoms with Crippen LogP contribution in [0.4, 0.5) is 8.78 Å². The van der Waals surface area contributed by atoms with Gasteiger partial charge in [-0.05, 0) is 37.1 Å². The lowest BCUT2D eigenvalue weighted by molar-refractivity contribution is -0.0504. The number of nitrogens with zero attached hydrogens (tertiary/aromatic N) is 1. The lowest BCUT2D eigenvalue weighted by atomic mass is 10.1. The van der Waals surface area contributed by atoms with Gasteiger partial charge in [-0.15, -0.1) is 24.0 Å². The molecule has 3 N–H and O–H groups in total. The van der Waals surface area contributed by atoms with E-state index in [1.807, 2.05) is 25.1 Å². The molecule has 0 saturated heterocycles. The van der Waals surface area contributed by atoms with Gasteiger partial charge in [-0.25, -0.2) is 0 Å². The monoisotopic (exact) mass is 532 g/mol. The maximum atomic E-state index is 12.6. The first-order valence-electron chi connectivity index (χ1n) is 9.22. The third-order valence-electron chi connectivity index (χ3n) is 4.22. The topological polar surface area (TPSA) is 74.8 Å². The molecule has 6 nitrogen and oxygen atoms in total. The fourth-order valence-corrected chi connectivity index (χ4v) is 2.79. The van der Waals surface area contributed by atoms with E-state index in [0.717, 1.165) is 11.1 Å². The smallest absolute Gasteiger partial charge is 0.387 e. The zero-order valence-corrected chi connectivity index (χ0v) is 19.5. The number of nitrogens with one attached hydrogen (secondary N) is 3. The highest BCUT2D eigenvalue weighted by atomic mass is 127. The molecule has 0 spiro atoms. The van der Waals surface area contributed by atoms with Crippen molar-refractivity contribution in [2.75, 3.05) is 20.6 Å². The van der Waals surface area contributed by atoms with E-state index in [4.69, 9.17) is 0 Å². The first-order valence-corrected chi connectivity index (χ1v) is 9.22. The quantitative estimate of drug-likeness (QED) is 0.277. The summed E-state index contributed by atoms with van der Waals surface area (Å²) in [6, 6.07) is 12.5. The molecule has 164 valence electrons. The predicted octanol–water partition coefficient (Wildman–Crippen LogP) is 3.48. The summed E-state index contributed by atoms with van der Waals surface area (Å²) in [6.45, 7) is -0.115. The number of ether oxygens (including phenoxy) is 1. The molecule has 2 rings (SSSR count). The average Bonchev–Trinajstić information content (AvgIpc) is 2.71. The number of rotatable bonds is 8. The Morgan fingerprint density at radius 3 is 2.60 bits per heavy atom. The van der Waals surface area contributed by atoms with E-state index in [2.05, 4.69) is 25.7 Å². The lowest BCUT2D eigenvalue weighted by Crippen LogP contribution is -2.38. The Morgan fingerprint density at radius 1 is 1.17 bits per heavy atom. The Labute approximate surface area is 192 Å². The van der Waals surface area contributed by atoms with Crippen molar-refractivity contribution in [3.63, 3.8) is 0 Å². The first kappa shape index (κ1) is 25.6. The zero-order valence-electron chi connectivity index (χ0n) is 17.2. The van der Waals surface area contributed by atoms with Crippen LogP contribution in [0.1, 0.15) is 27.0 Å². The normalized spacial score (nSPS) is 10.9. The van der Waals surface area contributed by atoms with Crippen molar-refractivity contribution in [2.45, 2.75) is 26.5 Å². The van der Waals surface area contributed by atoms with Gasteiger partial charge in [-0.2, -0.15) is 8.78 Å². The second kappa shape index (κ2) is 13.0. The molecule has 0 bridgehead atoms. The highest BCUT2D eigenvalue weighted by molar-refractivity contribution is 14.0. The van der Waals surface area contributed by atoms with Crippen LogP contribution in [0.15, 0.2) is 47.5 Å². The van der Waals surface area contributed by atoms with Gasteiger partial charge in [-0.3, -0.25) is 9.79 Å². The third-order valence-corrected chi connectivity index (χ3v) is 4.22. The molecule has 1 amide bonds. The Bertz CT molecular complexity index is 863. The van der Waals surface area contributed by atoms with Crippen LogP contribution < -0.4 is 20.7 Å². The molecule has 0 aliphatic rings. The van der Waals surface area contributed by atoms with Crippen molar-refractivity contribution in [3.8, 4) is 5.75 Å². The van der Waals surface area contributed by atoms with Crippen LogP contribution in [0.2, 0.25) is 0 Å². The second-order valence-electron chi connectivity index (χ2n) is 6.37. The van der Waals surface area contributed by atoms with Gasteiger partial charge >= 0.3 is 6.61 Å². The molecule has 0 aromatic heterocycles. The number of carbonyl (C=O) groups excluding carboxylic acids is 1. The van der Waals surface area contributed by atoms with Crippen LogP contribution >= 0.6 is 24.0 Å². The number of benzene rings is 2. The number of amides is 1. The Morgan fingerprint density at radius 2 is 1.93 bits per heavy atom. The first-order chi connectivity index (χ1) is 13.9. The zero-order chi connectivity index (χ0) is 21.2. The summed E-state index contributed by atoms with van der Waals surface area (Å²) in [5.41, 5.74) is 3.19. The molecule has 0 unspecified atom stereocenters. The van der Waals surface area contributed by atoms with Crippen LogP contribution in [0.3, 0.4) is 0 Å². The van der Waals surface area contributed by atoms with E-state index in [1.54, 1.807) is 32.3 Å². The summed E-state index contributed by atoms with van der Waals surface area (Å²) in [7, 11) is 3.23. The standard InChI is InChI=1S/C21H26F2N4O2.HI/c1-14-7-8-18(29-20(22)23)17(11-14)13-27-21(25-3)26-10-9-15-5-4-6-16(12-15)19(28)24-2;/h4-8,11-12,20H,9-10,13H2,1-3H3,(H,24,28)(H2,25,26,27);1H. The fourth-order valence-electron chi connectivity index (χ4n) is 2.79. The number of alkyl halides is 2. The van der Waals surface area contributed by atoms with Gasteiger partial charge in [0.05, 0.1) is 0 Å². The minimum absolute atomic E-state index is 0. The van der Waals surface area contributed by atoms with Crippen LogP contribution in [-0.4, -0.2) is 39.1 Å². The molecule has 0 aliphatic carbocycles. The number of hydrogen-bond acceptors (Lipinski definition) is 3. The largest absolute Gasteiger partial charge is 0.434 e. The summed E-state index contributed by atoms with van der Waals surface area (Å²) in [5.74, 6) is 0.550. The van der Waals surface area contributed by atoms with Gasteiger partial charge < -0.3 is 20.7 Å². The van der Waals surface area contributed by atoms with E-state index in [-0.39, 0.29) is 42.2 Å². The molecule has 0 aliphatic heterocycles. The number of hydrogen-bond donors (Lipinski definition) is 3. The van der Waals surface area contributed by atoms with Gasteiger partial charge in [0.15, 0.2) is 5.96 Å². The van der Waals surface area contributed by atoms with E-state index in [1.165, 1.54) is 6.07 Å². The van der Waals surface area contributed by atoms with Crippen LogP contribution in [-0.2, 0) is 13.0 Å². The van der Waals surface area contributed by atoms with Crippen molar-refractivity contribution < 1.29 is 18.3 Å². The van der Waals surface area contributed by atoms with Crippen molar-refractivity contribution in [3.05, 3.63) is 64.7 Å². The number of aryl methyl sites for hydroxylation is 1. The maximum absolute atomic E-state index is 12.6. The highest BCUT2D eigenvalue weighted by Crippen LogP contribution is 2.21. The Kier molecular flexibility index (Phi) is 11.1. The molecule has 0 atom stereocenters.